The lowest BCUT2D eigenvalue weighted by Crippen LogP contribution is -2.46. The highest BCUT2D eigenvalue weighted by Gasteiger charge is 2.29. The quantitative estimate of drug-likeness (QED) is 0.826. The van der Waals surface area contributed by atoms with Gasteiger partial charge >= 0.3 is 0 Å². The molecule has 1 aliphatic heterocycles. The van der Waals surface area contributed by atoms with Crippen LogP contribution in [0.25, 0.3) is 0 Å². The number of piperazine rings is 1. The lowest BCUT2D eigenvalue weighted by Gasteiger charge is -2.26. The van der Waals surface area contributed by atoms with E-state index in [0.29, 0.717) is 19.2 Å². The van der Waals surface area contributed by atoms with Crippen molar-refractivity contribution < 1.29 is 17.2 Å². The van der Waals surface area contributed by atoms with Gasteiger partial charge in [-0.3, -0.25) is 0 Å². The highest BCUT2D eigenvalue weighted by molar-refractivity contribution is 9.10. The molecule has 18 heavy (non-hydrogen) atoms. The molecule has 0 aromatic heterocycles. The summed E-state index contributed by atoms with van der Waals surface area (Å²) in [4.78, 5) is -0.502. The second-order valence-corrected chi connectivity index (χ2v) is 6.61. The highest BCUT2D eigenvalue weighted by Crippen LogP contribution is 2.25. The van der Waals surface area contributed by atoms with Gasteiger partial charge in [0.1, 0.15) is 16.5 Å². The Labute approximate surface area is 112 Å². The molecule has 100 valence electrons. The molecule has 0 bridgehead atoms. The fourth-order valence-corrected chi connectivity index (χ4v) is 3.73. The minimum absolute atomic E-state index is 0.0717. The largest absolute Gasteiger partial charge is 0.314 e. The molecular formula is C10H11BrF2N2O2S. The minimum Gasteiger partial charge on any atom is -0.314 e. The Morgan fingerprint density at radius 1 is 1.17 bits per heavy atom. The summed E-state index contributed by atoms with van der Waals surface area (Å²) in [5.74, 6) is -1.90. The van der Waals surface area contributed by atoms with E-state index in [1.807, 2.05) is 0 Å². The van der Waals surface area contributed by atoms with E-state index in [2.05, 4.69) is 21.2 Å². The predicted molar refractivity (Wildman–Crippen MR) is 65.7 cm³/mol. The summed E-state index contributed by atoms with van der Waals surface area (Å²) in [6.45, 7) is 1.58. The third-order valence-electron chi connectivity index (χ3n) is 2.67. The van der Waals surface area contributed by atoms with Crippen molar-refractivity contribution in [2.75, 3.05) is 26.2 Å². The molecule has 0 amide bonds. The fraction of sp³-hybridized carbons (Fsp3) is 0.400. The molecule has 4 nitrogen and oxygen atoms in total. The topological polar surface area (TPSA) is 49.4 Å². The van der Waals surface area contributed by atoms with Gasteiger partial charge in [0.25, 0.3) is 0 Å². The second kappa shape index (κ2) is 5.20. The van der Waals surface area contributed by atoms with Gasteiger partial charge in [-0.25, -0.2) is 17.2 Å². The van der Waals surface area contributed by atoms with Crippen molar-refractivity contribution in [3.05, 3.63) is 28.2 Å². The first-order chi connectivity index (χ1) is 8.43. The Balaban J connectivity index is 2.43. The van der Waals surface area contributed by atoms with Crippen LogP contribution in [0.15, 0.2) is 21.5 Å². The van der Waals surface area contributed by atoms with E-state index < -0.39 is 26.6 Å². The Hall–Kier alpha value is -0.570. The van der Waals surface area contributed by atoms with Crippen molar-refractivity contribution in [3.63, 3.8) is 0 Å². The zero-order valence-electron chi connectivity index (χ0n) is 9.29. The van der Waals surface area contributed by atoms with Crippen LogP contribution in [0.1, 0.15) is 0 Å². The lowest BCUT2D eigenvalue weighted by molar-refractivity contribution is 0.358. The summed E-state index contributed by atoms with van der Waals surface area (Å²) in [5.41, 5.74) is 0. The molecule has 1 saturated heterocycles. The van der Waals surface area contributed by atoms with Crippen LogP contribution in [-0.4, -0.2) is 38.9 Å². The summed E-state index contributed by atoms with van der Waals surface area (Å²) in [7, 11) is -3.91. The summed E-state index contributed by atoms with van der Waals surface area (Å²) >= 11 is 2.86. The van der Waals surface area contributed by atoms with Crippen molar-refractivity contribution in [1.82, 2.24) is 9.62 Å². The van der Waals surface area contributed by atoms with Crippen LogP contribution >= 0.6 is 15.9 Å². The van der Waals surface area contributed by atoms with E-state index in [0.717, 1.165) is 6.07 Å². The molecule has 1 N–H and O–H groups in total. The number of halogens is 3. The average molecular weight is 341 g/mol. The van der Waals surface area contributed by atoms with Gasteiger partial charge in [0, 0.05) is 32.2 Å². The molecule has 8 heteroatoms. The number of benzene rings is 1. The molecule has 1 aromatic carbocycles. The third-order valence-corrected chi connectivity index (χ3v) is 5.19. The first-order valence-electron chi connectivity index (χ1n) is 5.28. The smallest absolute Gasteiger partial charge is 0.246 e. The van der Waals surface area contributed by atoms with Crippen molar-refractivity contribution in [3.8, 4) is 0 Å². The number of rotatable bonds is 2. The summed E-state index contributed by atoms with van der Waals surface area (Å²) < 4.78 is 52.2. The van der Waals surface area contributed by atoms with Crippen molar-refractivity contribution >= 4 is 26.0 Å². The van der Waals surface area contributed by atoms with Crippen molar-refractivity contribution in [2.45, 2.75) is 4.90 Å². The van der Waals surface area contributed by atoms with Gasteiger partial charge in [-0.1, -0.05) is 0 Å². The molecule has 1 heterocycles. The van der Waals surface area contributed by atoms with Crippen LogP contribution in [0, 0.1) is 11.6 Å². The molecule has 0 aliphatic carbocycles. The van der Waals surface area contributed by atoms with Crippen LogP contribution in [0.5, 0.6) is 0 Å². The Morgan fingerprint density at radius 3 is 2.39 bits per heavy atom. The molecule has 2 rings (SSSR count). The van der Waals surface area contributed by atoms with Crippen molar-refractivity contribution in [2.24, 2.45) is 0 Å². The SMILES string of the molecule is O=S(=O)(c1cc(Br)c(F)cc1F)N1CCNCC1. The van der Waals surface area contributed by atoms with Crippen LogP contribution in [0.2, 0.25) is 0 Å². The molecule has 1 aromatic rings. The maximum Gasteiger partial charge on any atom is 0.246 e. The maximum atomic E-state index is 13.6. The predicted octanol–water partition coefficient (Wildman–Crippen LogP) is 1.32. The first kappa shape index (κ1) is 13.9. The van der Waals surface area contributed by atoms with Crippen molar-refractivity contribution in [1.29, 1.82) is 0 Å². The summed E-state index contributed by atoms with van der Waals surface area (Å²) in [6.07, 6.45) is 0. The fourth-order valence-electron chi connectivity index (χ4n) is 1.73. The molecular weight excluding hydrogens is 330 g/mol. The summed E-state index contributed by atoms with van der Waals surface area (Å²) in [6, 6.07) is 1.53. The van der Waals surface area contributed by atoms with Gasteiger partial charge in [-0.05, 0) is 22.0 Å². The van der Waals surface area contributed by atoms with Crippen LogP contribution in [-0.2, 0) is 10.0 Å². The molecule has 0 spiro atoms. The monoisotopic (exact) mass is 340 g/mol. The second-order valence-electron chi connectivity index (χ2n) is 3.85. The van der Waals surface area contributed by atoms with Gasteiger partial charge in [0.15, 0.2) is 0 Å². The lowest BCUT2D eigenvalue weighted by atomic mass is 10.3. The first-order valence-corrected chi connectivity index (χ1v) is 7.51. The molecule has 0 unspecified atom stereocenters. The van der Waals surface area contributed by atoms with Gasteiger partial charge in [-0.2, -0.15) is 4.31 Å². The van der Waals surface area contributed by atoms with Crippen LogP contribution in [0.4, 0.5) is 8.78 Å². The number of sulfonamides is 1. The van der Waals surface area contributed by atoms with E-state index in [9.17, 15) is 17.2 Å². The highest BCUT2D eigenvalue weighted by atomic mass is 79.9. The maximum absolute atomic E-state index is 13.6. The van der Waals surface area contributed by atoms with E-state index >= 15 is 0 Å². The zero-order valence-corrected chi connectivity index (χ0v) is 11.7. The summed E-state index contributed by atoms with van der Waals surface area (Å²) in [5, 5.41) is 3.00. The molecule has 0 saturated carbocycles. The normalized spacial score (nSPS) is 17.9. The number of nitrogens with one attached hydrogen (secondary N) is 1. The van der Waals surface area contributed by atoms with E-state index in [1.54, 1.807) is 0 Å². The molecule has 1 fully saturated rings. The molecule has 0 atom stereocenters. The van der Waals surface area contributed by atoms with E-state index in [4.69, 9.17) is 0 Å². The Morgan fingerprint density at radius 2 is 1.78 bits per heavy atom. The minimum atomic E-state index is -3.91. The van der Waals surface area contributed by atoms with Gasteiger partial charge < -0.3 is 5.32 Å². The molecule has 1 aliphatic rings. The Kier molecular flexibility index (Phi) is 4.00. The van der Waals surface area contributed by atoms with E-state index in [1.165, 1.54) is 4.31 Å². The standard InChI is InChI=1S/C10H11BrF2N2O2S/c11-7-5-10(9(13)6-8(7)12)18(16,17)15-3-1-14-2-4-15/h5-6,14H,1-4H2. The number of hydrogen-bond acceptors (Lipinski definition) is 3. The van der Waals surface area contributed by atoms with Gasteiger partial charge in [-0.15, -0.1) is 0 Å². The van der Waals surface area contributed by atoms with Gasteiger partial charge in [0.05, 0.1) is 4.47 Å². The third kappa shape index (κ3) is 2.56. The van der Waals surface area contributed by atoms with Crippen LogP contribution < -0.4 is 5.32 Å². The average Bonchev–Trinajstić information content (AvgIpc) is 2.34. The zero-order chi connectivity index (χ0) is 13.3. The molecule has 0 radical (unpaired) electrons. The van der Waals surface area contributed by atoms with Crippen LogP contribution in [0.3, 0.4) is 0 Å². The van der Waals surface area contributed by atoms with E-state index in [-0.39, 0.29) is 17.6 Å². The number of hydrogen-bond donors (Lipinski definition) is 1. The Bertz CT molecular complexity index is 559. The number of nitrogens with zero attached hydrogens (tertiary/aromatic N) is 1. The van der Waals surface area contributed by atoms with Gasteiger partial charge in [0.2, 0.25) is 10.0 Å².